The Morgan fingerprint density at radius 1 is 1.29 bits per heavy atom. The molecule has 7 heteroatoms. The van der Waals surface area contributed by atoms with Crippen LogP contribution in [0.3, 0.4) is 0 Å². The average Bonchev–Trinajstić information content (AvgIpc) is 3.35. The second-order valence-electron chi connectivity index (χ2n) is 6.76. The first-order valence-electron chi connectivity index (χ1n) is 10.4. The number of amides is 1. The number of aromatic amines is 2. The maximum absolute atomic E-state index is 11.2. The first-order chi connectivity index (χ1) is 13.7. The van der Waals surface area contributed by atoms with Gasteiger partial charge in [-0.25, -0.2) is 14.8 Å². The molecule has 3 aromatic heterocycles. The molecule has 3 aromatic rings. The Kier molecular flexibility index (Phi) is 8.78. The maximum atomic E-state index is 11.2. The number of fused-ring (bicyclic) bond motifs is 3. The lowest BCUT2D eigenvalue weighted by molar-refractivity contribution is 0.151. The van der Waals surface area contributed by atoms with Crippen molar-refractivity contribution in [1.82, 2.24) is 25.3 Å². The molecule has 1 aliphatic rings. The van der Waals surface area contributed by atoms with Crippen LogP contribution >= 0.6 is 0 Å². The Balaban J connectivity index is 0.000000261. The quantitative estimate of drug-likeness (QED) is 0.568. The van der Waals surface area contributed by atoms with Gasteiger partial charge >= 0.3 is 6.09 Å². The van der Waals surface area contributed by atoms with E-state index in [1.807, 2.05) is 26.1 Å². The van der Waals surface area contributed by atoms with E-state index in [2.05, 4.69) is 32.2 Å². The van der Waals surface area contributed by atoms with Gasteiger partial charge in [0.2, 0.25) is 0 Å². The monoisotopic (exact) mass is 387 g/mol. The van der Waals surface area contributed by atoms with Crippen LogP contribution in [0.5, 0.6) is 0 Å². The third kappa shape index (κ3) is 5.97. The molecule has 0 radical (unpaired) electrons. The number of nitrogens with one attached hydrogen (secondary N) is 3. The molecule has 0 bridgehead atoms. The fourth-order valence-corrected chi connectivity index (χ4v) is 3.25. The van der Waals surface area contributed by atoms with Gasteiger partial charge in [-0.3, -0.25) is 0 Å². The van der Waals surface area contributed by atoms with E-state index in [0.717, 1.165) is 28.0 Å². The molecular formula is C21H33N5O2. The summed E-state index contributed by atoms with van der Waals surface area (Å²) in [7, 11) is 0. The lowest BCUT2D eigenvalue weighted by Crippen LogP contribution is -2.24. The minimum absolute atomic E-state index is 0.291. The molecule has 1 amide bonds. The first kappa shape index (κ1) is 21.7. The average molecular weight is 388 g/mol. The highest BCUT2D eigenvalue weighted by atomic mass is 16.5. The van der Waals surface area contributed by atoms with Crippen molar-refractivity contribution in [3.05, 3.63) is 24.3 Å². The summed E-state index contributed by atoms with van der Waals surface area (Å²) in [5, 5.41) is 3.57. The highest BCUT2D eigenvalue weighted by molar-refractivity contribution is 6.00. The van der Waals surface area contributed by atoms with Crippen molar-refractivity contribution >= 4 is 28.2 Å². The SMILES string of the molecule is CC.CC1CCCCC1.CCOC(=O)NCc1nc2c(cnc3[nH]ccc32)[nH]1. The Bertz CT molecular complexity index is 849. The molecule has 3 heterocycles. The van der Waals surface area contributed by atoms with Crippen LogP contribution in [0.1, 0.15) is 65.6 Å². The molecule has 0 aromatic carbocycles. The Labute approximate surface area is 166 Å². The maximum Gasteiger partial charge on any atom is 0.407 e. The highest BCUT2D eigenvalue weighted by Crippen LogP contribution is 2.22. The third-order valence-electron chi connectivity index (χ3n) is 4.65. The van der Waals surface area contributed by atoms with Gasteiger partial charge in [-0.15, -0.1) is 0 Å². The standard InChI is InChI=1S/C12H13N5O2.C7H14.C2H6/c1-2-19-12(18)15-6-9-16-8-5-14-11-7(3-4-13-11)10(8)17-9;1-7-5-3-2-4-6-7;1-2/h3-5H,2,6H2,1H3,(H,13,14)(H,15,18)(H,16,17);7H,2-6H2,1H3;1-2H3. The summed E-state index contributed by atoms with van der Waals surface area (Å²) in [6, 6.07) is 1.92. The predicted octanol–water partition coefficient (Wildman–Crippen LogP) is 5.30. The van der Waals surface area contributed by atoms with Crippen LogP contribution in [-0.2, 0) is 11.3 Å². The molecule has 1 aliphatic carbocycles. The molecule has 7 nitrogen and oxygen atoms in total. The number of aromatic nitrogens is 4. The van der Waals surface area contributed by atoms with E-state index in [1.165, 1.54) is 32.1 Å². The molecule has 0 saturated heterocycles. The zero-order chi connectivity index (χ0) is 20.4. The number of alkyl carbamates (subject to hydrolysis) is 1. The Morgan fingerprint density at radius 2 is 2.04 bits per heavy atom. The van der Waals surface area contributed by atoms with Crippen LogP contribution in [0.15, 0.2) is 18.5 Å². The Hall–Kier alpha value is -2.57. The fraction of sp³-hybridized carbons (Fsp3) is 0.571. The first-order valence-corrected chi connectivity index (χ1v) is 10.4. The number of carbonyl (C=O) groups excluding carboxylic acids is 1. The van der Waals surface area contributed by atoms with E-state index < -0.39 is 6.09 Å². The normalized spacial score (nSPS) is 14.0. The summed E-state index contributed by atoms with van der Waals surface area (Å²) in [5.41, 5.74) is 2.48. The van der Waals surface area contributed by atoms with E-state index in [0.29, 0.717) is 19.0 Å². The van der Waals surface area contributed by atoms with Crippen molar-refractivity contribution in [2.45, 2.75) is 66.3 Å². The van der Waals surface area contributed by atoms with Crippen molar-refractivity contribution < 1.29 is 9.53 Å². The van der Waals surface area contributed by atoms with Gasteiger partial charge < -0.3 is 20.0 Å². The van der Waals surface area contributed by atoms with Gasteiger partial charge in [-0.05, 0) is 18.9 Å². The van der Waals surface area contributed by atoms with Gasteiger partial charge in [0.05, 0.1) is 24.9 Å². The van der Waals surface area contributed by atoms with Crippen LogP contribution < -0.4 is 5.32 Å². The molecule has 1 fully saturated rings. The van der Waals surface area contributed by atoms with Gasteiger partial charge in [0, 0.05) is 11.6 Å². The number of nitrogens with zero attached hydrogens (tertiary/aromatic N) is 2. The van der Waals surface area contributed by atoms with Crippen molar-refractivity contribution in [2.24, 2.45) is 5.92 Å². The van der Waals surface area contributed by atoms with Gasteiger partial charge in [-0.1, -0.05) is 52.9 Å². The molecule has 0 aliphatic heterocycles. The largest absolute Gasteiger partial charge is 0.450 e. The summed E-state index contributed by atoms with van der Waals surface area (Å²) in [5.74, 6) is 1.70. The van der Waals surface area contributed by atoms with Crippen LogP contribution in [0.25, 0.3) is 22.1 Å². The van der Waals surface area contributed by atoms with E-state index in [1.54, 1.807) is 13.1 Å². The zero-order valence-corrected chi connectivity index (χ0v) is 17.5. The van der Waals surface area contributed by atoms with E-state index in [-0.39, 0.29) is 0 Å². The number of ether oxygens (including phenoxy) is 1. The molecule has 28 heavy (non-hydrogen) atoms. The predicted molar refractivity (Wildman–Crippen MR) is 113 cm³/mol. The zero-order valence-electron chi connectivity index (χ0n) is 17.5. The summed E-state index contributed by atoms with van der Waals surface area (Å²) in [6.45, 7) is 8.76. The minimum atomic E-state index is -0.451. The number of carbonyl (C=O) groups is 1. The molecule has 154 valence electrons. The lowest BCUT2D eigenvalue weighted by atomic mass is 9.91. The smallest absolute Gasteiger partial charge is 0.407 e. The second kappa shape index (κ2) is 11.3. The Morgan fingerprint density at radius 3 is 2.68 bits per heavy atom. The summed E-state index contributed by atoms with van der Waals surface area (Å²) >= 11 is 0. The van der Waals surface area contributed by atoms with Crippen LogP contribution in [0.4, 0.5) is 4.79 Å². The lowest BCUT2D eigenvalue weighted by Gasteiger charge is -2.15. The molecular weight excluding hydrogens is 354 g/mol. The second-order valence-corrected chi connectivity index (χ2v) is 6.76. The van der Waals surface area contributed by atoms with Gasteiger partial charge in [0.15, 0.2) is 0 Å². The van der Waals surface area contributed by atoms with Crippen LogP contribution in [0, 0.1) is 5.92 Å². The van der Waals surface area contributed by atoms with Gasteiger partial charge in [-0.2, -0.15) is 0 Å². The number of imidazole rings is 1. The number of H-pyrrole nitrogens is 2. The van der Waals surface area contributed by atoms with Crippen LogP contribution in [0.2, 0.25) is 0 Å². The van der Waals surface area contributed by atoms with Crippen molar-refractivity contribution in [3.8, 4) is 0 Å². The van der Waals surface area contributed by atoms with E-state index in [9.17, 15) is 4.79 Å². The summed E-state index contributed by atoms with van der Waals surface area (Å²) in [6.07, 6.45) is 10.5. The number of pyridine rings is 1. The molecule has 3 N–H and O–H groups in total. The van der Waals surface area contributed by atoms with Gasteiger partial charge in [0.25, 0.3) is 0 Å². The molecule has 0 unspecified atom stereocenters. The number of hydrogen-bond donors (Lipinski definition) is 3. The van der Waals surface area contributed by atoms with Gasteiger partial charge in [0.1, 0.15) is 17.0 Å². The van der Waals surface area contributed by atoms with E-state index >= 15 is 0 Å². The topological polar surface area (TPSA) is 95.7 Å². The summed E-state index contributed by atoms with van der Waals surface area (Å²) in [4.78, 5) is 26.1. The number of rotatable bonds is 3. The van der Waals surface area contributed by atoms with Crippen molar-refractivity contribution in [1.29, 1.82) is 0 Å². The van der Waals surface area contributed by atoms with Crippen molar-refractivity contribution in [3.63, 3.8) is 0 Å². The minimum Gasteiger partial charge on any atom is -0.450 e. The number of hydrogen-bond acceptors (Lipinski definition) is 4. The fourth-order valence-electron chi connectivity index (χ4n) is 3.25. The third-order valence-corrected chi connectivity index (χ3v) is 4.65. The molecule has 4 rings (SSSR count). The van der Waals surface area contributed by atoms with Crippen LogP contribution in [-0.4, -0.2) is 32.6 Å². The highest BCUT2D eigenvalue weighted by Gasteiger charge is 2.09. The molecule has 0 atom stereocenters. The molecule has 0 spiro atoms. The van der Waals surface area contributed by atoms with Crippen molar-refractivity contribution in [2.75, 3.05) is 6.61 Å². The van der Waals surface area contributed by atoms with E-state index in [4.69, 9.17) is 4.74 Å². The summed E-state index contributed by atoms with van der Waals surface area (Å²) < 4.78 is 4.79. The molecule has 1 saturated carbocycles.